The molecule has 3 nitrogen and oxygen atoms in total. The molecule has 1 aromatic rings. The number of pyridine rings is 1. The molecule has 0 aromatic carbocycles. The van der Waals surface area contributed by atoms with Gasteiger partial charge in [-0.15, -0.1) is 0 Å². The van der Waals surface area contributed by atoms with Crippen molar-refractivity contribution in [3.05, 3.63) is 24.0 Å². The maximum atomic E-state index is 8.58. The summed E-state index contributed by atoms with van der Waals surface area (Å²) in [6.45, 7) is 3.21. The van der Waals surface area contributed by atoms with Crippen molar-refractivity contribution in [2.75, 3.05) is 18.5 Å². The molecule has 0 bridgehead atoms. The summed E-state index contributed by atoms with van der Waals surface area (Å²) in [6, 6.07) is 1.97. The SMILES string of the molecule is Cc1cnccc1NCCCCO. The smallest absolute Gasteiger partial charge is 0.0431 e. The van der Waals surface area contributed by atoms with Gasteiger partial charge in [0.2, 0.25) is 0 Å². The third-order valence-corrected chi connectivity index (χ3v) is 1.92. The molecule has 2 N–H and O–H groups in total. The van der Waals surface area contributed by atoms with Crippen molar-refractivity contribution in [3.8, 4) is 0 Å². The van der Waals surface area contributed by atoms with E-state index >= 15 is 0 Å². The molecule has 0 spiro atoms. The second-order valence-electron chi connectivity index (χ2n) is 3.05. The summed E-state index contributed by atoms with van der Waals surface area (Å²) in [6.07, 6.45) is 5.48. The third kappa shape index (κ3) is 3.42. The summed E-state index contributed by atoms with van der Waals surface area (Å²) in [5.74, 6) is 0. The highest BCUT2D eigenvalue weighted by Crippen LogP contribution is 2.11. The minimum Gasteiger partial charge on any atom is -0.396 e. The number of aryl methyl sites for hydroxylation is 1. The second-order valence-corrected chi connectivity index (χ2v) is 3.05. The van der Waals surface area contributed by atoms with Crippen LogP contribution in [-0.4, -0.2) is 23.2 Å². The van der Waals surface area contributed by atoms with Crippen molar-refractivity contribution in [1.29, 1.82) is 0 Å². The molecule has 0 fully saturated rings. The first-order valence-electron chi connectivity index (χ1n) is 4.60. The number of aliphatic hydroxyl groups is 1. The Bertz CT molecular complexity index is 250. The number of unbranched alkanes of at least 4 members (excludes halogenated alkanes) is 1. The fraction of sp³-hybridized carbons (Fsp3) is 0.500. The molecule has 72 valence electrons. The predicted molar refractivity (Wildman–Crippen MR) is 53.8 cm³/mol. The van der Waals surface area contributed by atoms with Crippen LogP contribution in [0.3, 0.4) is 0 Å². The van der Waals surface area contributed by atoms with Crippen LogP contribution >= 0.6 is 0 Å². The molecule has 0 aliphatic heterocycles. The van der Waals surface area contributed by atoms with Gasteiger partial charge < -0.3 is 10.4 Å². The summed E-state index contributed by atoms with van der Waals surface area (Å²) in [5.41, 5.74) is 2.29. The molecule has 0 saturated heterocycles. The zero-order chi connectivity index (χ0) is 9.52. The molecule has 0 unspecified atom stereocenters. The fourth-order valence-electron chi connectivity index (χ4n) is 1.13. The van der Waals surface area contributed by atoms with E-state index in [1.807, 2.05) is 19.2 Å². The Morgan fingerprint density at radius 2 is 2.31 bits per heavy atom. The van der Waals surface area contributed by atoms with E-state index in [1.165, 1.54) is 0 Å². The van der Waals surface area contributed by atoms with Crippen LogP contribution in [-0.2, 0) is 0 Å². The third-order valence-electron chi connectivity index (χ3n) is 1.92. The van der Waals surface area contributed by atoms with Crippen LogP contribution in [0, 0.1) is 6.92 Å². The van der Waals surface area contributed by atoms with Crippen LogP contribution in [0.1, 0.15) is 18.4 Å². The Balaban J connectivity index is 2.32. The Morgan fingerprint density at radius 1 is 1.46 bits per heavy atom. The van der Waals surface area contributed by atoms with Gasteiger partial charge in [-0.3, -0.25) is 4.98 Å². The molecule has 1 rings (SSSR count). The lowest BCUT2D eigenvalue weighted by Crippen LogP contribution is -2.03. The number of anilines is 1. The van der Waals surface area contributed by atoms with Gasteiger partial charge >= 0.3 is 0 Å². The van der Waals surface area contributed by atoms with E-state index in [1.54, 1.807) is 6.20 Å². The zero-order valence-electron chi connectivity index (χ0n) is 7.95. The molecule has 1 heterocycles. The monoisotopic (exact) mass is 180 g/mol. The average molecular weight is 180 g/mol. The van der Waals surface area contributed by atoms with Crippen LogP contribution in [0.2, 0.25) is 0 Å². The Morgan fingerprint density at radius 3 is 3.00 bits per heavy atom. The molecular weight excluding hydrogens is 164 g/mol. The van der Waals surface area contributed by atoms with Crippen molar-refractivity contribution in [3.63, 3.8) is 0 Å². The number of aromatic nitrogens is 1. The lowest BCUT2D eigenvalue weighted by molar-refractivity contribution is 0.286. The number of rotatable bonds is 5. The topological polar surface area (TPSA) is 45.2 Å². The summed E-state index contributed by atoms with van der Waals surface area (Å²) in [7, 11) is 0. The van der Waals surface area contributed by atoms with E-state index in [4.69, 9.17) is 5.11 Å². The van der Waals surface area contributed by atoms with E-state index in [-0.39, 0.29) is 6.61 Å². The van der Waals surface area contributed by atoms with Gasteiger partial charge in [0.25, 0.3) is 0 Å². The van der Waals surface area contributed by atoms with Gasteiger partial charge in [0.1, 0.15) is 0 Å². The molecule has 0 atom stereocenters. The maximum absolute atomic E-state index is 8.58. The van der Waals surface area contributed by atoms with E-state index < -0.39 is 0 Å². The minimum absolute atomic E-state index is 0.275. The predicted octanol–water partition coefficient (Wildman–Crippen LogP) is 1.57. The van der Waals surface area contributed by atoms with Gasteiger partial charge in [-0.25, -0.2) is 0 Å². The van der Waals surface area contributed by atoms with Crippen molar-refractivity contribution >= 4 is 5.69 Å². The van der Waals surface area contributed by atoms with Crippen molar-refractivity contribution in [1.82, 2.24) is 4.98 Å². The molecule has 1 aromatic heterocycles. The number of nitrogens with zero attached hydrogens (tertiary/aromatic N) is 1. The Kier molecular flexibility index (Phi) is 4.26. The number of hydrogen-bond donors (Lipinski definition) is 2. The lowest BCUT2D eigenvalue weighted by Gasteiger charge is -2.07. The van der Waals surface area contributed by atoms with Crippen LogP contribution in [0.15, 0.2) is 18.5 Å². The van der Waals surface area contributed by atoms with Crippen LogP contribution in [0.4, 0.5) is 5.69 Å². The van der Waals surface area contributed by atoms with Gasteiger partial charge in [-0.05, 0) is 31.4 Å². The zero-order valence-corrected chi connectivity index (χ0v) is 7.95. The summed E-state index contributed by atoms with van der Waals surface area (Å²) >= 11 is 0. The van der Waals surface area contributed by atoms with Crippen molar-refractivity contribution in [2.24, 2.45) is 0 Å². The van der Waals surface area contributed by atoms with E-state index in [2.05, 4.69) is 10.3 Å². The highest BCUT2D eigenvalue weighted by Gasteiger charge is 1.94. The molecular formula is C10H16N2O. The minimum atomic E-state index is 0.275. The van der Waals surface area contributed by atoms with Crippen molar-refractivity contribution in [2.45, 2.75) is 19.8 Å². The summed E-state index contributed by atoms with van der Waals surface area (Å²) in [4.78, 5) is 4.01. The highest BCUT2D eigenvalue weighted by atomic mass is 16.2. The number of aliphatic hydroxyl groups excluding tert-OH is 1. The van der Waals surface area contributed by atoms with Crippen LogP contribution in [0.5, 0.6) is 0 Å². The first kappa shape index (κ1) is 9.99. The largest absolute Gasteiger partial charge is 0.396 e. The lowest BCUT2D eigenvalue weighted by atomic mass is 10.2. The first-order valence-corrected chi connectivity index (χ1v) is 4.60. The summed E-state index contributed by atoms with van der Waals surface area (Å²) < 4.78 is 0. The van der Waals surface area contributed by atoms with Gasteiger partial charge in [0.05, 0.1) is 0 Å². The van der Waals surface area contributed by atoms with Gasteiger partial charge in [-0.2, -0.15) is 0 Å². The van der Waals surface area contributed by atoms with Gasteiger partial charge in [0, 0.05) is 31.2 Å². The molecule has 0 saturated carbocycles. The van der Waals surface area contributed by atoms with Crippen LogP contribution in [0.25, 0.3) is 0 Å². The maximum Gasteiger partial charge on any atom is 0.0431 e. The quantitative estimate of drug-likeness (QED) is 0.676. The molecule has 0 aliphatic rings. The Hall–Kier alpha value is -1.09. The van der Waals surface area contributed by atoms with Gasteiger partial charge in [-0.1, -0.05) is 0 Å². The number of hydrogen-bond acceptors (Lipinski definition) is 3. The van der Waals surface area contributed by atoms with E-state index in [9.17, 15) is 0 Å². The second kappa shape index (κ2) is 5.54. The van der Waals surface area contributed by atoms with E-state index in [0.29, 0.717) is 0 Å². The number of nitrogens with one attached hydrogen (secondary N) is 1. The fourth-order valence-corrected chi connectivity index (χ4v) is 1.13. The highest BCUT2D eigenvalue weighted by molar-refractivity contribution is 5.48. The molecule has 13 heavy (non-hydrogen) atoms. The molecule has 3 heteroatoms. The summed E-state index contributed by atoms with van der Waals surface area (Å²) in [5, 5.41) is 11.9. The Labute approximate surface area is 78.8 Å². The standard InChI is InChI=1S/C10H16N2O/c1-9-8-11-6-4-10(9)12-5-2-3-7-13/h4,6,8,13H,2-3,5,7H2,1H3,(H,11,12). The van der Waals surface area contributed by atoms with Crippen LogP contribution < -0.4 is 5.32 Å². The average Bonchev–Trinajstić information content (AvgIpc) is 2.15. The van der Waals surface area contributed by atoms with E-state index in [0.717, 1.165) is 30.6 Å². The van der Waals surface area contributed by atoms with Gasteiger partial charge in [0.15, 0.2) is 0 Å². The molecule has 0 aliphatic carbocycles. The molecule has 0 amide bonds. The first-order chi connectivity index (χ1) is 6.34. The normalized spacial score (nSPS) is 10.0. The molecule has 0 radical (unpaired) electrons. The van der Waals surface area contributed by atoms with Crippen molar-refractivity contribution < 1.29 is 5.11 Å².